The number of hydrogen-bond donors (Lipinski definition) is 0. The molecule has 3 heteroatoms. The van der Waals surface area contributed by atoms with Crippen molar-refractivity contribution in [2.24, 2.45) is 9.98 Å². The van der Waals surface area contributed by atoms with Gasteiger partial charge in [-0.1, -0.05) is 30.3 Å². The third kappa shape index (κ3) is 4.04. The van der Waals surface area contributed by atoms with Crippen molar-refractivity contribution in [1.82, 2.24) is 4.98 Å². The van der Waals surface area contributed by atoms with Crippen molar-refractivity contribution in [1.29, 1.82) is 0 Å². The van der Waals surface area contributed by atoms with Gasteiger partial charge in [-0.15, -0.1) is 0 Å². The van der Waals surface area contributed by atoms with Crippen molar-refractivity contribution in [3.63, 3.8) is 0 Å². The molecule has 0 amide bonds. The van der Waals surface area contributed by atoms with Crippen LogP contribution in [-0.2, 0) is 12.8 Å². The summed E-state index contributed by atoms with van der Waals surface area (Å²) >= 11 is 0. The normalized spacial score (nSPS) is 18.0. The van der Waals surface area contributed by atoms with E-state index in [0.29, 0.717) is 0 Å². The van der Waals surface area contributed by atoms with E-state index in [1.165, 1.54) is 33.4 Å². The Kier molecular flexibility index (Phi) is 5.50. The number of benzene rings is 2. The topological polar surface area (TPSA) is 37.6 Å². The monoisotopic (exact) mass is 421 g/mol. The van der Waals surface area contributed by atoms with E-state index in [4.69, 9.17) is 15.0 Å². The van der Waals surface area contributed by atoms with Crippen LogP contribution in [0, 0.1) is 27.7 Å². The zero-order chi connectivity index (χ0) is 22.2. The maximum Gasteiger partial charge on any atom is 0.0884 e. The summed E-state index contributed by atoms with van der Waals surface area (Å²) in [5.41, 5.74) is 14.2. The van der Waals surface area contributed by atoms with Gasteiger partial charge in [0.25, 0.3) is 0 Å². The fourth-order valence-electron chi connectivity index (χ4n) is 4.80. The highest BCUT2D eigenvalue weighted by molar-refractivity contribution is 6.06. The second-order valence-corrected chi connectivity index (χ2v) is 9.41. The number of aryl methyl sites for hydroxylation is 6. The first-order valence-corrected chi connectivity index (χ1v) is 11.8. The van der Waals surface area contributed by atoms with Crippen molar-refractivity contribution < 1.29 is 0 Å². The van der Waals surface area contributed by atoms with Crippen molar-refractivity contribution in [3.8, 4) is 0 Å². The molecule has 0 unspecified atom stereocenters. The van der Waals surface area contributed by atoms with Gasteiger partial charge in [-0.3, -0.25) is 9.98 Å². The molecule has 0 aliphatic heterocycles. The Morgan fingerprint density at radius 2 is 1.06 bits per heavy atom. The first kappa shape index (κ1) is 20.8. The van der Waals surface area contributed by atoms with E-state index < -0.39 is 0 Å². The summed E-state index contributed by atoms with van der Waals surface area (Å²) < 4.78 is 0. The van der Waals surface area contributed by atoms with Gasteiger partial charge < -0.3 is 0 Å². The molecule has 2 aliphatic rings. The summed E-state index contributed by atoms with van der Waals surface area (Å²) in [6.07, 6.45) is 6.42. The smallest absolute Gasteiger partial charge is 0.0884 e. The quantitative estimate of drug-likeness (QED) is 0.430. The highest BCUT2D eigenvalue weighted by Gasteiger charge is 2.24. The molecule has 32 heavy (non-hydrogen) atoms. The molecule has 0 spiro atoms. The number of nitrogens with zero attached hydrogens (tertiary/aromatic N) is 3. The standard InChI is InChI=1S/C29H31N3/c1-18-11-13-20(3)26(15-18)30-24-9-5-7-22-17-23-8-6-10-25(29(23)32-28(22)24)31-27-16-19(2)12-14-21(27)4/h11-17H,5-10H2,1-4H3. The van der Waals surface area contributed by atoms with Crippen LogP contribution in [0.25, 0.3) is 0 Å². The van der Waals surface area contributed by atoms with E-state index in [2.05, 4.69) is 70.2 Å². The minimum Gasteiger partial charge on any atom is -0.251 e. The lowest BCUT2D eigenvalue weighted by Gasteiger charge is -2.24. The average molecular weight is 422 g/mol. The number of hydrogen-bond acceptors (Lipinski definition) is 3. The van der Waals surface area contributed by atoms with Gasteiger partial charge in [0.05, 0.1) is 34.2 Å². The second-order valence-electron chi connectivity index (χ2n) is 9.41. The molecular formula is C29H31N3. The maximum absolute atomic E-state index is 5.25. The van der Waals surface area contributed by atoms with Crippen molar-refractivity contribution in [3.05, 3.63) is 87.2 Å². The molecule has 2 aliphatic carbocycles. The van der Waals surface area contributed by atoms with Gasteiger partial charge in [-0.05, 0) is 112 Å². The molecule has 1 heterocycles. The summed E-state index contributed by atoms with van der Waals surface area (Å²) in [7, 11) is 0. The zero-order valence-electron chi connectivity index (χ0n) is 19.6. The highest BCUT2D eigenvalue weighted by atomic mass is 14.9. The third-order valence-electron chi connectivity index (χ3n) is 6.69. The molecule has 1 aromatic heterocycles. The van der Waals surface area contributed by atoms with Crippen LogP contribution < -0.4 is 0 Å². The summed E-state index contributed by atoms with van der Waals surface area (Å²) in [6.45, 7) is 8.53. The van der Waals surface area contributed by atoms with E-state index in [1.54, 1.807) is 0 Å². The second kappa shape index (κ2) is 8.46. The molecule has 0 atom stereocenters. The summed E-state index contributed by atoms with van der Waals surface area (Å²) in [6, 6.07) is 15.4. The van der Waals surface area contributed by atoms with Gasteiger partial charge in [-0.2, -0.15) is 0 Å². The Hall–Kier alpha value is -3.07. The van der Waals surface area contributed by atoms with Gasteiger partial charge in [0.2, 0.25) is 0 Å². The van der Waals surface area contributed by atoms with Gasteiger partial charge in [-0.25, -0.2) is 4.98 Å². The van der Waals surface area contributed by atoms with Crippen LogP contribution in [0.4, 0.5) is 11.4 Å². The molecule has 0 bridgehead atoms. The molecular weight excluding hydrogens is 390 g/mol. The number of rotatable bonds is 2. The SMILES string of the molecule is Cc1ccc(C)c(N=C2CCCc3cc4c(nc32)C(=Nc2cc(C)ccc2C)CCC4)c1. The van der Waals surface area contributed by atoms with Gasteiger partial charge in [0, 0.05) is 0 Å². The highest BCUT2D eigenvalue weighted by Crippen LogP contribution is 2.31. The molecule has 0 saturated heterocycles. The van der Waals surface area contributed by atoms with E-state index >= 15 is 0 Å². The van der Waals surface area contributed by atoms with E-state index in [-0.39, 0.29) is 0 Å². The Labute approximate surface area is 191 Å². The molecule has 3 aromatic rings. The minimum atomic E-state index is 0.982. The summed E-state index contributed by atoms with van der Waals surface area (Å²) in [5, 5.41) is 0. The van der Waals surface area contributed by atoms with Gasteiger partial charge in [0.15, 0.2) is 0 Å². The number of aromatic nitrogens is 1. The Bertz CT molecular complexity index is 1170. The first-order chi connectivity index (χ1) is 15.5. The largest absolute Gasteiger partial charge is 0.251 e. The minimum absolute atomic E-state index is 0.982. The van der Waals surface area contributed by atoms with Crippen LogP contribution >= 0.6 is 0 Å². The Balaban J connectivity index is 1.62. The fourth-order valence-corrected chi connectivity index (χ4v) is 4.80. The van der Waals surface area contributed by atoms with Crippen LogP contribution in [0.1, 0.15) is 70.5 Å². The molecule has 5 rings (SSSR count). The molecule has 0 saturated carbocycles. The van der Waals surface area contributed by atoms with Crippen LogP contribution in [0.5, 0.6) is 0 Å². The summed E-state index contributed by atoms with van der Waals surface area (Å²) in [4.78, 5) is 15.5. The van der Waals surface area contributed by atoms with Crippen LogP contribution in [0.2, 0.25) is 0 Å². The predicted molar refractivity (Wildman–Crippen MR) is 134 cm³/mol. The molecule has 3 nitrogen and oxygen atoms in total. The third-order valence-corrected chi connectivity index (χ3v) is 6.69. The zero-order valence-corrected chi connectivity index (χ0v) is 19.6. The molecule has 2 aromatic carbocycles. The molecule has 0 N–H and O–H groups in total. The lowest BCUT2D eigenvalue weighted by atomic mass is 9.87. The molecule has 162 valence electrons. The van der Waals surface area contributed by atoms with Crippen molar-refractivity contribution in [2.75, 3.05) is 0 Å². The van der Waals surface area contributed by atoms with Gasteiger partial charge >= 0.3 is 0 Å². The van der Waals surface area contributed by atoms with E-state index in [0.717, 1.165) is 72.7 Å². The van der Waals surface area contributed by atoms with Gasteiger partial charge in [0.1, 0.15) is 0 Å². The van der Waals surface area contributed by atoms with Crippen LogP contribution in [0.15, 0.2) is 52.4 Å². The number of pyridine rings is 1. The Morgan fingerprint density at radius 3 is 1.53 bits per heavy atom. The summed E-state index contributed by atoms with van der Waals surface area (Å²) in [5.74, 6) is 0. The predicted octanol–water partition coefficient (Wildman–Crippen LogP) is 7.23. The number of fused-ring (bicyclic) bond motifs is 2. The van der Waals surface area contributed by atoms with E-state index in [1.807, 2.05) is 0 Å². The van der Waals surface area contributed by atoms with E-state index in [9.17, 15) is 0 Å². The van der Waals surface area contributed by atoms with Crippen LogP contribution in [0.3, 0.4) is 0 Å². The van der Waals surface area contributed by atoms with Crippen LogP contribution in [-0.4, -0.2) is 16.4 Å². The molecule has 0 radical (unpaired) electrons. The van der Waals surface area contributed by atoms with Crippen molar-refractivity contribution in [2.45, 2.75) is 66.2 Å². The Morgan fingerprint density at radius 1 is 0.594 bits per heavy atom. The number of aliphatic imine (C=N–C) groups is 2. The fraction of sp³-hybridized carbons (Fsp3) is 0.345. The lowest BCUT2D eigenvalue weighted by molar-refractivity contribution is 0.791. The molecule has 0 fully saturated rings. The van der Waals surface area contributed by atoms with Crippen molar-refractivity contribution >= 4 is 22.8 Å². The average Bonchev–Trinajstić information content (AvgIpc) is 2.78. The first-order valence-electron chi connectivity index (χ1n) is 11.8. The lowest BCUT2D eigenvalue weighted by Crippen LogP contribution is -2.21. The maximum atomic E-state index is 5.25.